The summed E-state index contributed by atoms with van der Waals surface area (Å²) in [6, 6.07) is 9.56. The average molecular weight is 426 g/mol. The summed E-state index contributed by atoms with van der Waals surface area (Å²) in [4.78, 5) is 7.78. The predicted molar refractivity (Wildman–Crippen MR) is 108 cm³/mol. The molecule has 30 heavy (non-hydrogen) atoms. The highest BCUT2D eigenvalue weighted by Crippen LogP contribution is 2.29. The van der Waals surface area contributed by atoms with Gasteiger partial charge in [-0.2, -0.15) is 13.2 Å². The standard InChI is InChI=1S/C20H25F3N4O3/c1-24-19(27-16-5-3-6-17(13-16)29-11-4-10-28-2)25-9-12-30-18-8-7-15(14-26-18)20(21,22)23/h3,5-8,13-14H,4,9-12H2,1-2H3,(H2,24,25,27). The zero-order valence-corrected chi connectivity index (χ0v) is 16.8. The molecule has 7 nitrogen and oxygen atoms in total. The van der Waals surface area contributed by atoms with Gasteiger partial charge in [-0.1, -0.05) is 6.07 Å². The molecule has 0 bridgehead atoms. The maximum absolute atomic E-state index is 12.5. The third kappa shape index (κ3) is 8.16. The molecule has 0 spiro atoms. The monoisotopic (exact) mass is 426 g/mol. The van der Waals surface area contributed by atoms with Crippen LogP contribution in [0.5, 0.6) is 11.6 Å². The number of aliphatic imine (C=N–C) groups is 1. The lowest BCUT2D eigenvalue weighted by Crippen LogP contribution is -2.33. The molecule has 1 aromatic heterocycles. The smallest absolute Gasteiger partial charge is 0.417 e. The van der Waals surface area contributed by atoms with Crippen molar-refractivity contribution in [2.75, 3.05) is 45.8 Å². The van der Waals surface area contributed by atoms with Gasteiger partial charge in [0.1, 0.15) is 12.4 Å². The van der Waals surface area contributed by atoms with E-state index in [-0.39, 0.29) is 12.5 Å². The lowest BCUT2D eigenvalue weighted by atomic mass is 10.3. The molecular formula is C20H25F3N4O3. The van der Waals surface area contributed by atoms with Crippen LogP contribution in [0.15, 0.2) is 47.6 Å². The van der Waals surface area contributed by atoms with E-state index in [0.717, 1.165) is 30.1 Å². The van der Waals surface area contributed by atoms with Crippen LogP contribution in [0.1, 0.15) is 12.0 Å². The number of guanidine groups is 1. The van der Waals surface area contributed by atoms with Crippen LogP contribution in [-0.4, -0.2) is 51.5 Å². The van der Waals surface area contributed by atoms with Crippen molar-refractivity contribution in [2.24, 2.45) is 4.99 Å². The lowest BCUT2D eigenvalue weighted by molar-refractivity contribution is -0.137. The Labute approximate surface area is 173 Å². The Balaban J connectivity index is 1.76. The molecule has 2 aromatic rings. The summed E-state index contributed by atoms with van der Waals surface area (Å²) in [5.74, 6) is 1.35. The molecule has 0 radical (unpaired) electrons. The number of benzene rings is 1. The second kappa shape index (κ2) is 11.9. The number of nitrogens with zero attached hydrogens (tertiary/aromatic N) is 2. The van der Waals surface area contributed by atoms with Gasteiger partial charge in [0.05, 0.1) is 18.7 Å². The van der Waals surface area contributed by atoms with Crippen LogP contribution >= 0.6 is 0 Å². The highest BCUT2D eigenvalue weighted by Gasteiger charge is 2.30. The first kappa shape index (κ1) is 23.3. The number of ether oxygens (including phenoxy) is 3. The number of methoxy groups -OCH3 is 1. The number of hydrogen-bond donors (Lipinski definition) is 2. The lowest BCUT2D eigenvalue weighted by Gasteiger charge is -2.13. The van der Waals surface area contributed by atoms with Crippen LogP contribution < -0.4 is 20.1 Å². The number of alkyl halides is 3. The van der Waals surface area contributed by atoms with Crippen molar-refractivity contribution in [2.45, 2.75) is 12.6 Å². The van der Waals surface area contributed by atoms with E-state index in [4.69, 9.17) is 14.2 Å². The molecule has 0 aliphatic rings. The molecule has 10 heteroatoms. The van der Waals surface area contributed by atoms with Crippen LogP contribution in [0, 0.1) is 0 Å². The minimum atomic E-state index is -4.42. The quantitative estimate of drug-likeness (QED) is 0.344. The van der Waals surface area contributed by atoms with Crippen molar-refractivity contribution >= 4 is 11.6 Å². The van der Waals surface area contributed by atoms with Gasteiger partial charge in [0, 0.05) is 51.2 Å². The van der Waals surface area contributed by atoms with Crippen LogP contribution in [0.2, 0.25) is 0 Å². The molecule has 0 aliphatic carbocycles. The number of aromatic nitrogens is 1. The van der Waals surface area contributed by atoms with Crippen molar-refractivity contribution in [3.8, 4) is 11.6 Å². The molecule has 164 valence electrons. The summed E-state index contributed by atoms with van der Waals surface area (Å²) >= 11 is 0. The molecule has 0 saturated heterocycles. The van der Waals surface area contributed by atoms with Crippen LogP contribution in [0.4, 0.5) is 18.9 Å². The minimum Gasteiger partial charge on any atom is -0.493 e. The number of hydrogen-bond acceptors (Lipinski definition) is 5. The molecule has 0 aliphatic heterocycles. The largest absolute Gasteiger partial charge is 0.493 e. The summed E-state index contributed by atoms with van der Waals surface area (Å²) in [6.45, 7) is 1.76. The second-order valence-corrected chi connectivity index (χ2v) is 6.08. The van der Waals surface area contributed by atoms with Gasteiger partial charge in [0.15, 0.2) is 5.96 Å². The summed E-state index contributed by atoms with van der Waals surface area (Å²) in [7, 11) is 3.27. The molecule has 0 amide bonds. The summed E-state index contributed by atoms with van der Waals surface area (Å²) in [6.07, 6.45) is -2.88. The van der Waals surface area contributed by atoms with Gasteiger partial charge in [-0.15, -0.1) is 0 Å². The van der Waals surface area contributed by atoms with E-state index in [1.54, 1.807) is 14.2 Å². The summed E-state index contributed by atoms with van der Waals surface area (Å²) in [5, 5.41) is 6.18. The Morgan fingerprint density at radius 1 is 1.10 bits per heavy atom. The van der Waals surface area contributed by atoms with Crippen molar-refractivity contribution in [1.29, 1.82) is 0 Å². The van der Waals surface area contributed by atoms with Gasteiger partial charge >= 0.3 is 6.18 Å². The fraction of sp³-hybridized carbons (Fsp3) is 0.400. The third-order valence-corrected chi connectivity index (χ3v) is 3.79. The molecule has 0 unspecified atom stereocenters. The van der Waals surface area contributed by atoms with E-state index >= 15 is 0 Å². The van der Waals surface area contributed by atoms with E-state index in [1.807, 2.05) is 24.3 Å². The topological polar surface area (TPSA) is 77.0 Å². The Bertz CT molecular complexity index is 799. The fourth-order valence-corrected chi connectivity index (χ4v) is 2.33. The SMILES string of the molecule is CN=C(NCCOc1ccc(C(F)(F)F)cn1)Nc1cccc(OCCCOC)c1. The molecule has 1 aromatic carbocycles. The van der Waals surface area contributed by atoms with Gasteiger partial charge in [0.25, 0.3) is 0 Å². The molecule has 0 saturated carbocycles. The molecule has 2 rings (SSSR count). The van der Waals surface area contributed by atoms with E-state index in [9.17, 15) is 13.2 Å². The maximum Gasteiger partial charge on any atom is 0.417 e. The van der Waals surface area contributed by atoms with Crippen LogP contribution in [-0.2, 0) is 10.9 Å². The first-order chi connectivity index (χ1) is 14.4. The van der Waals surface area contributed by atoms with E-state index in [0.29, 0.717) is 25.7 Å². The summed E-state index contributed by atoms with van der Waals surface area (Å²) < 4.78 is 53.6. The zero-order valence-electron chi connectivity index (χ0n) is 16.8. The van der Waals surface area contributed by atoms with Gasteiger partial charge in [-0.05, 0) is 18.2 Å². The number of pyridine rings is 1. The zero-order chi connectivity index (χ0) is 21.8. The Hall–Kier alpha value is -3.01. The van der Waals surface area contributed by atoms with E-state index in [2.05, 4.69) is 20.6 Å². The number of nitrogens with one attached hydrogen (secondary N) is 2. The number of rotatable bonds is 10. The van der Waals surface area contributed by atoms with Crippen molar-refractivity contribution in [3.63, 3.8) is 0 Å². The van der Waals surface area contributed by atoms with Crippen molar-refractivity contribution in [3.05, 3.63) is 48.2 Å². The van der Waals surface area contributed by atoms with Gasteiger partial charge in [-0.3, -0.25) is 4.99 Å². The third-order valence-electron chi connectivity index (χ3n) is 3.79. The van der Waals surface area contributed by atoms with Crippen molar-refractivity contribution < 1.29 is 27.4 Å². The number of anilines is 1. The van der Waals surface area contributed by atoms with Crippen LogP contribution in [0.3, 0.4) is 0 Å². The molecular weight excluding hydrogens is 401 g/mol. The van der Waals surface area contributed by atoms with Gasteiger partial charge in [0.2, 0.25) is 5.88 Å². The van der Waals surface area contributed by atoms with E-state index in [1.165, 1.54) is 6.07 Å². The van der Waals surface area contributed by atoms with Crippen molar-refractivity contribution in [1.82, 2.24) is 10.3 Å². The van der Waals surface area contributed by atoms with Gasteiger partial charge < -0.3 is 24.8 Å². The Kier molecular flexibility index (Phi) is 9.20. The summed E-state index contributed by atoms with van der Waals surface area (Å²) in [5.41, 5.74) is -0.0276. The first-order valence-electron chi connectivity index (χ1n) is 9.28. The van der Waals surface area contributed by atoms with Gasteiger partial charge in [-0.25, -0.2) is 4.98 Å². The maximum atomic E-state index is 12.5. The normalized spacial score (nSPS) is 11.8. The van der Waals surface area contributed by atoms with E-state index < -0.39 is 11.7 Å². The highest BCUT2D eigenvalue weighted by atomic mass is 19.4. The Morgan fingerprint density at radius 3 is 2.60 bits per heavy atom. The predicted octanol–water partition coefficient (Wildman–Crippen LogP) is 3.58. The van der Waals surface area contributed by atoms with Crippen LogP contribution in [0.25, 0.3) is 0 Å². The molecule has 2 N–H and O–H groups in total. The molecule has 0 atom stereocenters. The fourth-order valence-electron chi connectivity index (χ4n) is 2.33. The molecule has 1 heterocycles. The second-order valence-electron chi connectivity index (χ2n) is 6.08. The Morgan fingerprint density at radius 2 is 1.93 bits per heavy atom. The number of halogens is 3. The average Bonchev–Trinajstić information content (AvgIpc) is 2.73. The first-order valence-corrected chi connectivity index (χ1v) is 9.28. The minimum absolute atomic E-state index is 0.117. The highest BCUT2D eigenvalue weighted by molar-refractivity contribution is 5.93. The molecule has 0 fully saturated rings.